The number of carbonyl (C=O) groups excluding carboxylic acids is 2. The number of phosphoric ester groups is 1. The summed E-state index contributed by atoms with van der Waals surface area (Å²) in [5.74, 6) is -0.507. The Hall–Kier alpha value is -1.77. The van der Waals surface area contributed by atoms with Gasteiger partial charge in [-0.05, 0) is 63.9 Å². The molecule has 0 aromatic heterocycles. The van der Waals surface area contributed by atoms with Crippen molar-refractivity contribution in [3.05, 3.63) is 36.5 Å². The van der Waals surface area contributed by atoms with Crippen molar-refractivity contribution in [3.8, 4) is 0 Å². The summed E-state index contributed by atoms with van der Waals surface area (Å²) in [6.45, 7) is 6.98. The molecule has 9 nitrogen and oxygen atoms in total. The molecule has 2 N–H and O–H groups in total. The second-order valence-corrected chi connectivity index (χ2v) is 21.9. The van der Waals surface area contributed by atoms with Gasteiger partial charge in [-0.3, -0.25) is 18.6 Å². The molecule has 1 amide bonds. The van der Waals surface area contributed by atoms with Gasteiger partial charge < -0.3 is 19.4 Å². The average Bonchev–Trinajstić information content (AvgIpc) is 3.28. The van der Waals surface area contributed by atoms with Gasteiger partial charge in [0.1, 0.15) is 19.3 Å². The molecule has 67 heavy (non-hydrogen) atoms. The van der Waals surface area contributed by atoms with Crippen molar-refractivity contribution in [3.63, 3.8) is 0 Å². The third kappa shape index (κ3) is 49.0. The monoisotopic (exact) mass is 966 g/mol. The molecule has 0 radical (unpaired) electrons. The maximum Gasteiger partial charge on any atom is 0.472 e. The highest BCUT2D eigenvalue weighted by Crippen LogP contribution is 2.43. The van der Waals surface area contributed by atoms with E-state index in [0.717, 1.165) is 77.0 Å². The van der Waals surface area contributed by atoms with Gasteiger partial charge in [0.15, 0.2) is 0 Å². The summed E-state index contributed by atoms with van der Waals surface area (Å²) in [4.78, 5) is 37.5. The Bertz CT molecular complexity index is 1250. The molecule has 10 heteroatoms. The van der Waals surface area contributed by atoms with Crippen LogP contribution >= 0.6 is 7.82 Å². The first kappa shape index (κ1) is 65.2. The number of rotatable bonds is 51. The third-order valence-electron chi connectivity index (χ3n) is 12.6. The van der Waals surface area contributed by atoms with Gasteiger partial charge in [0.2, 0.25) is 5.91 Å². The van der Waals surface area contributed by atoms with Crippen LogP contribution in [-0.4, -0.2) is 74.3 Å². The molecule has 0 saturated carbocycles. The lowest BCUT2D eigenvalue weighted by molar-refractivity contribution is -0.870. The third-order valence-corrected chi connectivity index (χ3v) is 13.6. The number of ether oxygens (including phenoxy) is 1. The fraction of sp³-hybridized carbons (Fsp3) is 0.860. The predicted molar refractivity (Wildman–Crippen MR) is 286 cm³/mol. The predicted octanol–water partition coefficient (Wildman–Crippen LogP) is 16.8. The van der Waals surface area contributed by atoms with Crippen LogP contribution in [-0.2, 0) is 27.9 Å². The number of unbranched alkanes of at least 4 members (excludes halogenated alkanes) is 31. The van der Waals surface area contributed by atoms with Crippen LogP contribution in [0.25, 0.3) is 0 Å². The molecule has 0 aromatic carbocycles. The van der Waals surface area contributed by atoms with Gasteiger partial charge >= 0.3 is 13.8 Å². The van der Waals surface area contributed by atoms with E-state index >= 15 is 0 Å². The molecule has 0 aromatic rings. The standard InChI is InChI=1S/C57H109N2O7P/c1-7-10-13-16-19-22-25-27-28-29-30-32-35-38-41-44-47-50-57(61)66-55(48-45-42-39-36-33-24-21-18-15-12-9-3)54(53-65-67(62,63)64-52-51-59(4,5)6)58-56(60)49-46-43-40-37-34-31-26-23-20-17-14-11-8-2/h19,22,27-28,45,48,54-55H,7-18,20-21,23-26,29-44,46-47,49-53H2,1-6H3,(H-,58,60,62,63)/p+1/b22-19-,28-27-,48-45+. The summed E-state index contributed by atoms with van der Waals surface area (Å²) >= 11 is 0. The number of phosphoric acid groups is 1. The Labute approximate surface area is 415 Å². The number of esters is 1. The Morgan fingerprint density at radius 3 is 1.37 bits per heavy atom. The van der Waals surface area contributed by atoms with E-state index in [2.05, 4.69) is 50.4 Å². The van der Waals surface area contributed by atoms with Gasteiger partial charge in [0.05, 0.1) is 33.8 Å². The summed E-state index contributed by atoms with van der Waals surface area (Å²) in [5.41, 5.74) is 0. The maximum atomic E-state index is 13.5. The molecule has 394 valence electrons. The van der Waals surface area contributed by atoms with Crippen molar-refractivity contribution in [2.45, 2.75) is 277 Å². The highest BCUT2D eigenvalue weighted by atomic mass is 31.2. The van der Waals surface area contributed by atoms with Crippen LogP contribution in [0, 0.1) is 0 Å². The molecule has 0 rings (SSSR count). The van der Waals surface area contributed by atoms with Gasteiger partial charge in [-0.2, -0.15) is 0 Å². The largest absolute Gasteiger partial charge is 0.472 e. The first-order valence-corrected chi connectivity index (χ1v) is 29.8. The zero-order valence-corrected chi connectivity index (χ0v) is 45.8. The molecule has 0 fully saturated rings. The highest BCUT2D eigenvalue weighted by molar-refractivity contribution is 7.47. The molecule has 0 aliphatic rings. The zero-order chi connectivity index (χ0) is 49.4. The van der Waals surface area contributed by atoms with Crippen molar-refractivity contribution >= 4 is 19.7 Å². The lowest BCUT2D eigenvalue weighted by Crippen LogP contribution is -2.47. The Kier molecular flexibility index (Phi) is 46.6. The fourth-order valence-corrected chi connectivity index (χ4v) is 8.88. The normalized spacial score (nSPS) is 14.1. The van der Waals surface area contributed by atoms with E-state index in [-0.39, 0.29) is 31.5 Å². The summed E-state index contributed by atoms with van der Waals surface area (Å²) < 4.78 is 30.6. The second kappa shape index (κ2) is 47.9. The van der Waals surface area contributed by atoms with Gasteiger partial charge in [0.25, 0.3) is 0 Å². The first-order chi connectivity index (χ1) is 32.4. The number of carbonyl (C=O) groups is 2. The average molecular weight is 966 g/mol. The minimum atomic E-state index is -4.44. The van der Waals surface area contributed by atoms with E-state index < -0.39 is 20.0 Å². The molecular formula is C57H110N2O7P+. The lowest BCUT2D eigenvalue weighted by atomic mass is 10.0. The van der Waals surface area contributed by atoms with Crippen LogP contribution in [0.3, 0.4) is 0 Å². The Morgan fingerprint density at radius 2 is 0.910 bits per heavy atom. The number of allylic oxidation sites excluding steroid dienone is 5. The van der Waals surface area contributed by atoms with E-state index in [1.165, 1.54) is 154 Å². The second-order valence-electron chi connectivity index (χ2n) is 20.5. The quantitative estimate of drug-likeness (QED) is 0.0205. The summed E-state index contributed by atoms with van der Waals surface area (Å²) in [5, 5.41) is 3.04. The minimum absolute atomic E-state index is 0.0408. The number of amides is 1. The lowest BCUT2D eigenvalue weighted by Gasteiger charge is -2.27. The van der Waals surface area contributed by atoms with E-state index in [4.69, 9.17) is 13.8 Å². The number of quaternary nitrogens is 1. The van der Waals surface area contributed by atoms with Crippen LogP contribution in [0.2, 0.25) is 0 Å². The van der Waals surface area contributed by atoms with E-state index in [0.29, 0.717) is 17.4 Å². The van der Waals surface area contributed by atoms with E-state index in [1.807, 2.05) is 33.3 Å². The highest BCUT2D eigenvalue weighted by Gasteiger charge is 2.30. The summed E-state index contributed by atoms with van der Waals surface area (Å²) in [6, 6.07) is -0.845. The van der Waals surface area contributed by atoms with Gasteiger partial charge in [-0.15, -0.1) is 0 Å². The van der Waals surface area contributed by atoms with Crippen LogP contribution in [0.15, 0.2) is 36.5 Å². The minimum Gasteiger partial charge on any atom is -0.456 e. The molecule has 0 aliphatic carbocycles. The van der Waals surface area contributed by atoms with Crippen molar-refractivity contribution in [2.24, 2.45) is 0 Å². The van der Waals surface area contributed by atoms with Gasteiger partial charge in [-0.1, -0.05) is 225 Å². The molecule has 0 spiro atoms. The Morgan fingerprint density at radius 1 is 0.522 bits per heavy atom. The molecule has 3 unspecified atom stereocenters. The molecular weight excluding hydrogens is 856 g/mol. The molecule has 0 saturated heterocycles. The number of nitrogens with zero attached hydrogens (tertiary/aromatic N) is 1. The number of hydrogen-bond acceptors (Lipinski definition) is 6. The maximum absolute atomic E-state index is 13.5. The SMILES string of the molecule is CCCCC/C=C\C/C=C\CCCCCCCCCC(=O)OC(/C=C/CCCCCCCCCCC)C(COP(=O)(O)OCC[N+](C)(C)C)NC(=O)CCCCCCCCCCCCCCC. The van der Waals surface area contributed by atoms with Crippen LogP contribution in [0.5, 0.6) is 0 Å². The van der Waals surface area contributed by atoms with E-state index in [1.54, 1.807) is 0 Å². The molecule has 3 atom stereocenters. The van der Waals surface area contributed by atoms with Crippen LogP contribution in [0.4, 0.5) is 0 Å². The molecule has 0 heterocycles. The molecule has 0 aliphatic heterocycles. The summed E-state index contributed by atoms with van der Waals surface area (Å²) in [6.07, 6.45) is 55.6. The van der Waals surface area contributed by atoms with Crippen LogP contribution < -0.4 is 5.32 Å². The van der Waals surface area contributed by atoms with E-state index in [9.17, 15) is 19.0 Å². The van der Waals surface area contributed by atoms with Gasteiger partial charge in [0, 0.05) is 12.8 Å². The summed E-state index contributed by atoms with van der Waals surface area (Å²) in [7, 11) is 1.50. The zero-order valence-electron chi connectivity index (χ0n) is 44.9. The Balaban J connectivity index is 5.32. The van der Waals surface area contributed by atoms with Crippen molar-refractivity contribution in [1.29, 1.82) is 0 Å². The topological polar surface area (TPSA) is 111 Å². The van der Waals surface area contributed by atoms with Crippen LogP contribution in [0.1, 0.15) is 265 Å². The van der Waals surface area contributed by atoms with Gasteiger partial charge in [-0.25, -0.2) is 4.57 Å². The van der Waals surface area contributed by atoms with Crippen molar-refractivity contribution in [1.82, 2.24) is 5.32 Å². The fourth-order valence-electron chi connectivity index (χ4n) is 8.15. The smallest absolute Gasteiger partial charge is 0.456 e. The number of nitrogens with one attached hydrogen (secondary N) is 1. The number of likely N-dealkylation sites (N-methyl/N-ethyl adjacent to an activating group) is 1. The molecule has 0 bridgehead atoms. The van der Waals surface area contributed by atoms with Crippen molar-refractivity contribution in [2.75, 3.05) is 40.9 Å². The first-order valence-electron chi connectivity index (χ1n) is 28.3. The van der Waals surface area contributed by atoms with Crippen molar-refractivity contribution < 1.29 is 37.3 Å². The number of hydrogen-bond donors (Lipinski definition) is 2.